The Morgan fingerprint density at radius 3 is 2.65 bits per heavy atom. The molecule has 1 aromatic heterocycles. The van der Waals surface area contributed by atoms with Crippen molar-refractivity contribution in [2.24, 2.45) is 5.92 Å². The molecule has 37 heavy (non-hydrogen) atoms. The largest absolute Gasteiger partial charge is 0.497 e. The predicted octanol–water partition coefficient (Wildman–Crippen LogP) is 5.76. The number of methoxy groups -OCH3 is 1. The van der Waals surface area contributed by atoms with Crippen molar-refractivity contribution >= 4 is 23.2 Å². The standard InChI is InChI=1S/C30H36N2O4S/c1-5-21(2)18-31(30(34)23-7-6-8-25(17-23)35-4)19-29(33)32-15-13-28-26(14-16-37-28)27(32)20-36-24-11-9-22(3)10-12-24/h6-12,14,16-17,21,27H,5,13,15,18-20H2,1-4H3/t21-,27+/m0/s1. The van der Waals surface area contributed by atoms with Crippen LogP contribution in [0.15, 0.2) is 60.0 Å². The Balaban J connectivity index is 1.54. The van der Waals surface area contributed by atoms with Crippen LogP contribution in [0.4, 0.5) is 0 Å². The van der Waals surface area contributed by atoms with Crippen LogP contribution in [0, 0.1) is 12.8 Å². The van der Waals surface area contributed by atoms with Crippen molar-refractivity contribution in [1.29, 1.82) is 0 Å². The van der Waals surface area contributed by atoms with E-state index in [1.165, 1.54) is 10.4 Å². The molecule has 2 aromatic carbocycles. The van der Waals surface area contributed by atoms with Crippen LogP contribution in [0.25, 0.3) is 0 Å². The lowest BCUT2D eigenvalue weighted by Crippen LogP contribution is -2.48. The summed E-state index contributed by atoms with van der Waals surface area (Å²) in [6, 6.07) is 17.0. The van der Waals surface area contributed by atoms with Gasteiger partial charge in [-0.1, -0.05) is 44.0 Å². The zero-order valence-corrected chi connectivity index (χ0v) is 22.9. The van der Waals surface area contributed by atoms with Crippen LogP contribution in [0.2, 0.25) is 0 Å². The van der Waals surface area contributed by atoms with Gasteiger partial charge in [0.2, 0.25) is 5.91 Å². The summed E-state index contributed by atoms with van der Waals surface area (Å²) in [4.78, 5) is 32.2. The SMILES string of the molecule is CC[C@H](C)CN(CC(=O)N1CCc2sccc2[C@H]1COc1ccc(C)cc1)C(=O)c1cccc(OC)c1. The Kier molecular flexibility index (Phi) is 8.87. The second-order valence-corrected chi connectivity index (χ2v) is 10.7. The van der Waals surface area contributed by atoms with Crippen LogP contribution in [0.5, 0.6) is 11.5 Å². The van der Waals surface area contributed by atoms with Crippen LogP contribution in [0.1, 0.15) is 52.7 Å². The summed E-state index contributed by atoms with van der Waals surface area (Å²) in [7, 11) is 1.58. The number of benzene rings is 2. The molecule has 3 aromatic rings. The smallest absolute Gasteiger partial charge is 0.254 e. The maximum atomic E-state index is 13.8. The van der Waals surface area contributed by atoms with Gasteiger partial charge in [0.15, 0.2) is 0 Å². The van der Waals surface area contributed by atoms with Crippen molar-refractivity contribution in [3.8, 4) is 11.5 Å². The monoisotopic (exact) mass is 520 g/mol. The van der Waals surface area contributed by atoms with Gasteiger partial charge < -0.3 is 19.3 Å². The Labute approximate surface area is 223 Å². The molecule has 0 saturated heterocycles. The fraction of sp³-hybridized carbons (Fsp3) is 0.400. The van der Waals surface area contributed by atoms with Crippen LogP contribution in [0.3, 0.4) is 0 Å². The zero-order valence-electron chi connectivity index (χ0n) is 22.1. The van der Waals surface area contributed by atoms with Crippen LogP contribution >= 0.6 is 11.3 Å². The number of ether oxygens (including phenoxy) is 2. The number of rotatable bonds is 10. The fourth-order valence-electron chi connectivity index (χ4n) is 4.60. The summed E-state index contributed by atoms with van der Waals surface area (Å²) in [5.74, 6) is 1.46. The van der Waals surface area contributed by atoms with Crippen LogP contribution < -0.4 is 9.47 Å². The van der Waals surface area contributed by atoms with Gasteiger partial charge >= 0.3 is 0 Å². The number of aryl methyl sites for hydroxylation is 1. The van der Waals surface area contributed by atoms with E-state index < -0.39 is 0 Å². The highest BCUT2D eigenvalue weighted by molar-refractivity contribution is 7.10. The molecular formula is C30H36N2O4S. The van der Waals surface area contributed by atoms with Crippen molar-refractivity contribution in [2.45, 2.75) is 39.7 Å². The molecule has 2 atom stereocenters. The average molecular weight is 521 g/mol. The van der Waals surface area contributed by atoms with E-state index in [-0.39, 0.29) is 30.3 Å². The van der Waals surface area contributed by atoms with Gasteiger partial charge in [0, 0.05) is 23.5 Å². The van der Waals surface area contributed by atoms with Gasteiger partial charge in [-0.3, -0.25) is 9.59 Å². The number of amides is 2. The highest BCUT2D eigenvalue weighted by Crippen LogP contribution is 2.34. The van der Waals surface area contributed by atoms with Crippen LogP contribution in [-0.2, 0) is 11.2 Å². The topological polar surface area (TPSA) is 59.1 Å². The summed E-state index contributed by atoms with van der Waals surface area (Å²) >= 11 is 1.73. The second-order valence-electron chi connectivity index (χ2n) is 9.71. The number of nitrogens with zero attached hydrogens (tertiary/aromatic N) is 2. The lowest BCUT2D eigenvalue weighted by molar-refractivity contribution is -0.135. The molecule has 0 unspecified atom stereocenters. The zero-order chi connectivity index (χ0) is 26.4. The summed E-state index contributed by atoms with van der Waals surface area (Å²) in [5.41, 5.74) is 2.84. The number of carbonyl (C=O) groups is 2. The lowest BCUT2D eigenvalue weighted by Gasteiger charge is -2.37. The van der Waals surface area contributed by atoms with Crippen molar-refractivity contribution in [3.63, 3.8) is 0 Å². The third-order valence-corrected chi connectivity index (χ3v) is 8.00. The Morgan fingerprint density at radius 2 is 1.92 bits per heavy atom. The number of fused-ring (bicyclic) bond motifs is 1. The first-order valence-electron chi connectivity index (χ1n) is 12.9. The first kappa shape index (κ1) is 26.7. The van der Waals surface area contributed by atoms with E-state index in [1.807, 2.05) is 42.2 Å². The van der Waals surface area contributed by atoms with Gasteiger partial charge in [-0.05, 0) is 66.6 Å². The molecule has 7 heteroatoms. The third kappa shape index (κ3) is 6.52. The van der Waals surface area contributed by atoms with Gasteiger partial charge in [-0.15, -0.1) is 11.3 Å². The molecule has 0 fully saturated rings. The third-order valence-electron chi connectivity index (χ3n) is 7.00. The van der Waals surface area contributed by atoms with E-state index in [0.29, 0.717) is 31.0 Å². The van der Waals surface area contributed by atoms with E-state index >= 15 is 0 Å². The minimum absolute atomic E-state index is 0.0287. The Bertz CT molecular complexity index is 1210. The van der Waals surface area contributed by atoms with E-state index in [0.717, 1.165) is 24.2 Å². The normalized spacial score (nSPS) is 15.6. The summed E-state index contributed by atoms with van der Waals surface area (Å²) in [6.45, 7) is 7.77. The van der Waals surface area contributed by atoms with E-state index in [4.69, 9.17) is 9.47 Å². The number of carbonyl (C=O) groups excluding carboxylic acids is 2. The highest BCUT2D eigenvalue weighted by Gasteiger charge is 2.34. The fourth-order valence-corrected chi connectivity index (χ4v) is 5.53. The average Bonchev–Trinajstić information content (AvgIpc) is 3.41. The van der Waals surface area contributed by atoms with Crippen molar-refractivity contribution in [3.05, 3.63) is 81.5 Å². The lowest BCUT2D eigenvalue weighted by atomic mass is 10.00. The minimum atomic E-state index is -0.193. The molecule has 0 spiro atoms. The van der Waals surface area contributed by atoms with Crippen molar-refractivity contribution < 1.29 is 19.1 Å². The summed E-state index contributed by atoms with van der Waals surface area (Å²) in [6.07, 6.45) is 1.74. The molecule has 0 bridgehead atoms. The second kappa shape index (κ2) is 12.3. The predicted molar refractivity (Wildman–Crippen MR) is 148 cm³/mol. The minimum Gasteiger partial charge on any atom is -0.497 e. The quantitative estimate of drug-likeness (QED) is 0.341. The van der Waals surface area contributed by atoms with E-state index in [9.17, 15) is 9.59 Å². The molecule has 0 N–H and O–H groups in total. The van der Waals surface area contributed by atoms with Crippen molar-refractivity contribution in [1.82, 2.24) is 9.80 Å². The molecule has 0 saturated carbocycles. The molecule has 6 nitrogen and oxygen atoms in total. The molecule has 0 aliphatic carbocycles. The van der Waals surface area contributed by atoms with E-state index in [1.54, 1.807) is 41.5 Å². The first-order valence-corrected chi connectivity index (χ1v) is 13.8. The van der Waals surface area contributed by atoms with Gasteiger partial charge in [-0.2, -0.15) is 0 Å². The molecule has 4 rings (SSSR count). The number of hydrogen-bond donors (Lipinski definition) is 0. The number of thiophene rings is 1. The Morgan fingerprint density at radius 1 is 1.14 bits per heavy atom. The maximum absolute atomic E-state index is 13.8. The molecule has 1 aliphatic heterocycles. The molecule has 2 heterocycles. The van der Waals surface area contributed by atoms with Gasteiger partial charge in [0.25, 0.3) is 5.91 Å². The maximum Gasteiger partial charge on any atom is 0.254 e. The highest BCUT2D eigenvalue weighted by atomic mass is 32.1. The number of hydrogen-bond acceptors (Lipinski definition) is 5. The van der Waals surface area contributed by atoms with Gasteiger partial charge in [0.1, 0.15) is 24.7 Å². The Hall–Kier alpha value is -3.32. The van der Waals surface area contributed by atoms with Crippen LogP contribution in [-0.4, -0.2) is 55.0 Å². The molecular weight excluding hydrogens is 484 g/mol. The molecule has 0 radical (unpaired) electrons. The van der Waals surface area contributed by atoms with Gasteiger partial charge in [0.05, 0.1) is 13.2 Å². The molecule has 1 aliphatic rings. The van der Waals surface area contributed by atoms with Gasteiger partial charge in [-0.25, -0.2) is 0 Å². The van der Waals surface area contributed by atoms with E-state index in [2.05, 4.69) is 25.3 Å². The van der Waals surface area contributed by atoms with Crippen molar-refractivity contribution in [2.75, 3.05) is 33.4 Å². The first-order chi connectivity index (χ1) is 17.9. The molecule has 196 valence electrons. The summed E-state index contributed by atoms with van der Waals surface area (Å²) in [5, 5.41) is 2.08. The molecule has 2 amide bonds. The summed E-state index contributed by atoms with van der Waals surface area (Å²) < 4.78 is 11.5.